The molecular formula is C19H22FNO4S. The van der Waals surface area contributed by atoms with E-state index >= 15 is 0 Å². The van der Waals surface area contributed by atoms with Crippen molar-refractivity contribution in [2.24, 2.45) is 5.92 Å². The first-order valence-corrected chi connectivity index (χ1v) is 9.54. The number of halogens is 1. The number of thiophene rings is 1. The van der Waals surface area contributed by atoms with Crippen LogP contribution in [-0.4, -0.2) is 43.6 Å². The number of carbonyl (C=O) groups excluding carboxylic acids is 2. The van der Waals surface area contributed by atoms with Gasteiger partial charge in [0.05, 0.1) is 19.6 Å². The molecule has 1 saturated heterocycles. The fourth-order valence-corrected chi connectivity index (χ4v) is 4.52. The van der Waals surface area contributed by atoms with Crippen molar-refractivity contribution >= 4 is 33.4 Å². The van der Waals surface area contributed by atoms with Gasteiger partial charge in [0, 0.05) is 22.2 Å². The van der Waals surface area contributed by atoms with E-state index in [1.807, 2.05) is 6.07 Å². The molecule has 0 N–H and O–H groups in total. The number of likely N-dealkylation sites (tertiary alicyclic amines) is 1. The molecule has 1 aliphatic heterocycles. The van der Waals surface area contributed by atoms with Crippen LogP contribution in [0.2, 0.25) is 0 Å². The number of carbonyl (C=O) groups is 2. The van der Waals surface area contributed by atoms with Crippen LogP contribution in [-0.2, 0) is 20.8 Å². The molecule has 1 aromatic heterocycles. The Kier molecular flexibility index (Phi) is 5.88. The summed E-state index contributed by atoms with van der Waals surface area (Å²) in [5, 5.41) is 0.496. The summed E-state index contributed by atoms with van der Waals surface area (Å²) in [6, 6.07) is 4.88. The summed E-state index contributed by atoms with van der Waals surface area (Å²) in [5.41, 5.74) is 0.679. The molecule has 2 heterocycles. The number of nitrogens with zero attached hydrogens (tertiary/aromatic N) is 1. The van der Waals surface area contributed by atoms with Gasteiger partial charge in [-0.05, 0) is 45.0 Å². The molecule has 0 radical (unpaired) electrons. The second-order valence-corrected chi connectivity index (χ2v) is 7.37. The lowest BCUT2D eigenvalue weighted by atomic mass is 9.96. The molecule has 2 aromatic rings. The first kappa shape index (κ1) is 18.8. The van der Waals surface area contributed by atoms with Crippen molar-refractivity contribution in [1.29, 1.82) is 0 Å². The highest BCUT2D eigenvalue weighted by molar-refractivity contribution is 7.21. The molecule has 0 aliphatic carbocycles. The maximum absolute atomic E-state index is 14.5. The Balaban J connectivity index is 1.86. The van der Waals surface area contributed by atoms with Crippen LogP contribution in [0.1, 0.15) is 35.0 Å². The van der Waals surface area contributed by atoms with Crippen molar-refractivity contribution in [3.63, 3.8) is 0 Å². The molecule has 0 atom stereocenters. The van der Waals surface area contributed by atoms with Gasteiger partial charge in [0.1, 0.15) is 10.7 Å². The van der Waals surface area contributed by atoms with Crippen molar-refractivity contribution in [2.75, 3.05) is 26.8 Å². The highest BCUT2D eigenvalue weighted by Gasteiger charge is 2.28. The third-order valence-corrected chi connectivity index (χ3v) is 5.91. The molecule has 0 amide bonds. The van der Waals surface area contributed by atoms with Crippen molar-refractivity contribution < 1.29 is 23.5 Å². The zero-order valence-corrected chi connectivity index (χ0v) is 15.7. The van der Waals surface area contributed by atoms with Crippen molar-refractivity contribution in [2.45, 2.75) is 26.3 Å². The van der Waals surface area contributed by atoms with Gasteiger partial charge in [-0.25, -0.2) is 9.18 Å². The number of ether oxygens (including phenoxy) is 2. The maximum Gasteiger partial charge on any atom is 0.348 e. The van der Waals surface area contributed by atoms with Crippen LogP contribution in [0.15, 0.2) is 18.2 Å². The standard InChI is InChI=1S/C19H22FNO4S/c1-3-25-19(23)17-13(16-14(20)5-4-6-15(16)26-17)11-21-9-7-12(8-10-21)18(22)24-2/h4-6,12H,3,7-11H2,1-2H3. The molecule has 0 unspecified atom stereocenters. The Labute approximate surface area is 155 Å². The Hall–Kier alpha value is -1.99. The smallest absolute Gasteiger partial charge is 0.348 e. The molecule has 1 fully saturated rings. The Morgan fingerprint density at radius 1 is 1.31 bits per heavy atom. The van der Waals surface area contributed by atoms with E-state index in [9.17, 15) is 14.0 Å². The number of hydrogen-bond acceptors (Lipinski definition) is 6. The fourth-order valence-electron chi connectivity index (χ4n) is 3.40. The van der Waals surface area contributed by atoms with Crippen LogP contribution in [0, 0.1) is 11.7 Å². The average molecular weight is 379 g/mol. The summed E-state index contributed by atoms with van der Waals surface area (Å²) in [5.74, 6) is -0.998. The number of rotatable bonds is 5. The summed E-state index contributed by atoms with van der Waals surface area (Å²) >= 11 is 1.27. The third kappa shape index (κ3) is 3.73. The van der Waals surface area contributed by atoms with E-state index in [4.69, 9.17) is 9.47 Å². The maximum atomic E-state index is 14.5. The van der Waals surface area contributed by atoms with E-state index < -0.39 is 5.97 Å². The van der Waals surface area contributed by atoms with Crippen molar-refractivity contribution in [3.8, 4) is 0 Å². The van der Waals surface area contributed by atoms with Gasteiger partial charge in [0.2, 0.25) is 0 Å². The highest BCUT2D eigenvalue weighted by Crippen LogP contribution is 2.35. The Morgan fingerprint density at radius 2 is 2.04 bits per heavy atom. The summed E-state index contributed by atoms with van der Waals surface area (Å²) in [4.78, 5) is 26.6. The van der Waals surface area contributed by atoms with Gasteiger partial charge in [-0.15, -0.1) is 11.3 Å². The minimum Gasteiger partial charge on any atom is -0.469 e. The molecule has 0 spiro atoms. The lowest BCUT2D eigenvalue weighted by Gasteiger charge is -2.30. The third-order valence-electron chi connectivity index (χ3n) is 4.73. The lowest BCUT2D eigenvalue weighted by Crippen LogP contribution is -2.36. The van der Waals surface area contributed by atoms with Gasteiger partial charge in [0.25, 0.3) is 0 Å². The van der Waals surface area contributed by atoms with Gasteiger partial charge in [-0.1, -0.05) is 6.07 Å². The van der Waals surface area contributed by atoms with Crippen LogP contribution in [0.5, 0.6) is 0 Å². The second kappa shape index (κ2) is 8.14. The number of methoxy groups -OCH3 is 1. The number of benzene rings is 1. The number of piperidine rings is 1. The van der Waals surface area contributed by atoms with E-state index in [2.05, 4.69) is 4.90 Å². The SMILES string of the molecule is CCOC(=O)c1sc2cccc(F)c2c1CN1CCC(C(=O)OC)CC1. The minimum atomic E-state index is -0.410. The number of fused-ring (bicyclic) bond motifs is 1. The summed E-state index contributed by atoms with van der Waals surface area (Å²) in [6.07, 6.45) is 1.40. The van der Waals surface area contributed by atoms with Gasteiger partial charge in [0.15, 0.2) is 0 Å². The average Bonchev–Trinajstić information content (AvgIpc) is 3.02. The van der Waals surface area contributed by atoms with Crippen LogP contribution in [0.25, 0.3) is 10.1 Å². The largest absolute Gasteiger partial charge is 0.469 e. The predicted molar refractivity (Wildman–Crippen MR) is 97.8 cm³/mol. The van der Waals surface area contributed by atoms with Crippen LogP contribution < -0.4 is 0 Å². The van der Waals surface area contributed by atoms with Gasteiger partial charge >= 0.3 is 11.9 Å². The number of esters is 2. The molecule has 1 aromatic carbocycles. The first-order chi connectivity index (χ1) is 12.5. The van der Waals surface area contributed by atoms with Crippen LogP contribution in [0.3, 0.4) is 0 Å². The predicted octanol–water partition coefficient (Wildman–Crippen LogP) is 3.60. The first-order valence-electron chi connectivity index (χ1n) is 8.72. The monoisotopic (exact) mass is 379 g/mol. The molecule has 26 heavy (non-hydrogen) atoms. The van der Waals surface area contributed by atoms with Gasteiger partial charge in [-0.3, -0.25) is 9.69 Å². The van der Waals surface area contributed by atoms with E-state index in [1.165, 1.54) is 24.5 Å². The van der Waals surface area contributed by atoms with Crippen molar-refractivity contribution in [1.82, 2.24) is 4.90 Å². The lowest BCUT2D eigenvalue weighted by molar-refractivity contribution is -0.147. The molecule has 3 rings (SSSR count). The molecule has 1 aliphatic rings. The molecule has 5 nitrogen and oxygen atoms in total. The Bertz CT molecular complexity index is 811. The van der Waals surface area contributed by atoms with Crippen LogP contribution >= 0.6 is 11.3 Å². The normalized spacial score (nSPS) is 16.0. The Morgan fingerprint density at radius 3 is 2.69 bits per heavy atom. The quantitative estimate of drug-likeness (QED) is 0.743. The summed E-state index contributed by atoms with van der Waals surface area (Å²) < 4.78 is 25.2. The summed E-state index contributed by atoms with van der Waals surface area (Å²) in [7, 11) is 1.40. The molecule has 0 bridgehead atoms. The van der Waals surface area contributed by atoms with E-state index in [1.54, 1.807) is 13.0 Å². The molecule has 0 saturated carbocycles. The fraction of sp³-hybridized carbons (Fsp3) is 0.474. The zero-order valence-electron chi connectivity index (χ0n) is 14.9. The van der Waals surface area contributed by atoms with Crippen molar-refractivity contribution in [3.05, 3.63) is 34.5 Å². The van der Waals surface area contributed by atoms with E-state index in [0.717, 1.165) is 4.70 Å². The van der Waals surface area contributed by atoms with Crippen LogP contribution in [0.4, 0.5) is 4.39 Å². The molecule has 7 heteroatoms. The highest BCUT2D eigenvalue weighted by atomic mass is 32.1. The minimum absolute atomic E-state index is 0.0864. The van der Waals surface area contributed by atoms with Gasteiger partial charge < -0.3 is 9.47 Å². The van der Waals surface area contributed by atoms with Gasteiger partial charge in [-0.2, -0.15) is 0 Å². The molecule has 140 valence electrons. The zero-order chi connectivity index (χ0) is 18.7. The van der Waals surface area contributed by atoms with E-state index in [0.29, 0.717) is 48.3 Å². The second-order valence-electron chi connectivity index (χ2n) is 6.32. The summed E-state index contributed by atoms with van der Waals surface area (Å²) in [6.45, 7) is 3.90. The topological polar surface area (TPSA) is 55.8 Å². The van der Waals surface area contributed by atoms with E-state index in [-0.39, 0.29) is 24.3 Å². The number of hydrogen-bond donors (Lipinski definition) is 0. The molecular weight excluding hydrogens is 357 g/mol.